The number of hydrogen-bond acceptors (Lipinski definition) is 4. The average molecular weight is 402 g/mol. The van der Waals surface area contributed by atoms with Crippen LogP contribution in [0.4, 0.5) is 4.39 Å². The Bertz CT molecular complexity index is 816. The smallest absolute Gasteiger partial charge is 0.278 e. The molecule has 5 nitrogen and oxygen atoms in total. The van der Waals surface area contributed by atoms with Gasteiger partial charge in [0.15, 0.2) is 5.17 Å². The SMILES string of the molecule is C=CCN1C(=O)/C(=C\c2cccc(F)c2)N=C1SCC(=O)NC1CCCCC1. The van der Waals surface area contributed by atoms with Crippen LogP contribution in [0.25, 0.3) is 6.08 Å². The van der Waals surface area contributed by atoms with Crippen molar-refractivity contribution < 1.29 is 14.0 Å². The number of nitrogens with zero attached hydrogens (tertiary/aromatic N) is 2. The van der Waals surface area contributed by atoms with E-state index in [2.05, 4.69) is 16.9 Å². The van der Waals surface area contributed by atoms with Gasteiger partial charge in [-0.1, -0.05) is 49.2 Å². The fourth-order valence-corrected chi connectivity index (χ4v) is 4.15. The molecule has 1 aliphatic carbocycles. The van der Waals surface area contributed by atoms with Gasteiger partial charge < -0.3 is 5.32 Å². The minimum atomic E-state index is -0.374. The molecule has 28 heavy (non-hydrogen) atoms. The predicted molar refractivity (Wildman–Crippen MR) is 111 cm³/mol. The molecule has 0 bridgehead atoms. The Hall–Kier alpha value is -2.41. The molecule has 0 aromatic heterocycles. The van der Waals surface area contributed by atoms with Crippen LogP contribution in [0.5, 0.6) is 0 Å². The number of carbonyl (C=O) groups is 2. The Kier molecular flexibility index (Phi) is 7.03. The van der Waals surface area contributed by atoms with Crippen molar-refractivity contribution in [2.24, 2.45) is 4.99 Å². The van der Waals surface area contributed by atoms with Gasteiger partial charge in [0.2, 0.25) is 5.91 Å². The summed E-state index contributed by atoms with van der Waals surface area (Å²) >= 11 is 1.23. The van der Waals surface area contributed by atoms with E-state index in [1.165, 1.54) is 35.2 Å². The maximum Gasteiger partial charge on any atom is 0.278 e. The van der Waals surface area contributed by atoms with Crippen LogP contribution in [0.1, 0.15) is 37.7 Å². The number of amidine groups is 1. The van der Waals surface area contributed by atoms with E-state index in [9.17, 15) is 14.0 Å². The first-order valence-corrected chi connectivity index (χ1v) is 10.5. The molecule has 1 saturated carbocycles. The normalized spacial score (nSPS) is 19.0. The van der Waals surface area contributed by atoms with Crippen LogP contribution in [0, 0.1) is 5.82 Å². The minimum absolute atomic E-state index is 0.0480. The van der Waals surface area contributed by atoms with Gasteiger partial charge >= 0.3 is 0 Å². The van der Waals surface area contributed by atoms with E-state index in [4.69, 9.17) is 0 Å². The summed E-state index contributed by atoms with van der Waals surface area (Å²) in [7, 11) is 0. The molecule has 148 valence electrons. The van der Waals surface area contributed by atoms with E-state index < -0.39 is 0 Å². The largest absolute Gasteiger partial charge is 0.353 e. The highest BCUT2D eigenvalue weighted by molar-refractivity contribution is 8.14. The average Bonchev–Trinajstić information content (AvgIpc) is 2.97. The van der Waals surface area contributed by atoms with Crippen LogP contribution in [0.2, 0.25) is 0 Å². The molecule has 1 fully saturated rings. The summed E-state index contributed by atoms with van der Waals surface area (Å²) in [5.41, 5.74) is 0.787. The summed E-state index contributed by atoms with van der Waals surface area (Å²) in [6, 6.07) is 6.23. The number of hydrogen-bond donors (Lipinski definition) is 1. The van der Waals surface area contributed by atoms with E-state index in [1.54, 1.807) is 24.3 Å². The zero-order chi connectivity index (χ0) is 19.9. The Labute approximate surface area is 168 Å². The first-order chi connectivity index (χ1) is 13.6. The number of rotatable bonds is 6. The first kappa shape index (κ1) is 20.3. The summed E-state index contributed by atoms with van der Waals surface area (Å²) in [6.07, 6.45) is 8.76. The fourth-order valence-electron chi connectivity index (χ4n) is 3.33. The minimum Gasteiger partial charge on any atom is -0.353 e. The zero-order valence-corrected chi connectivity index (χ0v) is 16.5. The van der Waals surface area contributed by atoms with Gasteiger partial charge in [-0.05, 0) is 36.6 Å². The molecule has 7 heteroatoms. The van der Waals surface area contributed by atoms with Crippen molar-refractivity contribution in [3.63, 3.8) is 0 Å². The number of benzene rings is 1. The van der Waals surface area contributed by atoms with Crippen molar-refractivity contribution in [2.75, 3.05) is 12.3 Å². The van der Waals surface area contributed by atoms with Gasteiger partial charge in [0.25, 0.3) is 5.91 Å². The van der Waals surface area contributed by atoms with Crippen molar-refractivity contribution in [2.45, 2.75) is 38.1 Å². The molecule has 2 amide bonds. The molecule has 0 saturated heterocycles. The van der Waals surface area contributed by atoms with Crippen molar-refractivity contribution in [3.8, 4) is 0 Å². The van der Waals surface area contributed by atoms with Crippen molar-refractivity contribution >= 4 is 34.8 Å². The van der Waals surface area contributed by atoms with E-state index in [0.717, 1.165) is 25.7 Å². The summed E-state index contributed by atoms with van der Waals surface area (Å²) in [6.45, 7) is 3.98. The Balaban J connectivity index is 1.67. The number of carbonyl (C=O) groups excluding carboxylic acids is 2. The van der Waals surface area contributed by atoms with E-state index in [-0.39, 0.29) is 35.1 Å². The van der Waals surface area contributed by atoms with Crippen molar-refractivity contribution in [1.29, 1.82) is 0 Å². The molecule has 1 aromatic rings. The molecular weight excluding hydrogens is 377 g/mol. The lowest BCUT2D eigenvalue weighted by molar-refractivity contribution is -0.122. The Morgan fingerprint density at radius 2 is 2.14 bits per heavy atom. The van der Waals surface area contributed by atoms with E-state index in [1.807, 2.05) is 0 Å². The maximum atomic E-state index is 13.4. The predicted octanol–water partition coefficient (Wildman–Crippen LogP) is 3.73. The summed E-state index contributed by atoms with van der Waals surface area (Å²) in [5.74, 6) is -0.503. The zero-order valence-electron chi connectivity index (χ0n) is 15.7. The van der Waals surface area contributed by atoms with Gasteiger partial charge in [-0.15, -0.1) is 6.58 Å². The summed E-state index contributed by atoms with van der Waals surface area (Å²) in [5, 5.41) is 3.53. The second-order valence-corrected chi connectivity index (χ2v) is 7.82. The lowest BCUT2D eigenvalue weighted by atomic mass is 9.95. The third-order valence-electron chi connectivity index (χ3n) is 4.68. The van der Waals surface area contributed by atoms with E-state index >= 15 is 0 Å². The Morgan fingerprint density at radius 3 is 2.86 bits per heavy atom. The van der Waals surface area contributed by atoms with Gasteiger partial charge in [0.05, 0.1) is 5.75 Å². The molecular formula is C21H24FN3O2S. The maximum absolute atomic E-state index is 13.4. The number of amides is 2. The van der Waals surface area contributed by atoms with Crippen LogP contribution in [-0.2, 0) is 9.59 Å². The van der Waals surface area contributed by atoms with Crippen LogP contribution in [0.15, 0.2) is 47.6 Å². The van der Waals surface area contributed by atoms with Crippen molar-refractivity contribution in [1.82, 2.24) is 10.2 Å². The third-order valence-corrected chi connectivity index (χ3v) is 5.65. The highest BCUT2D eigenvalue weighted by Crippen LogP contribution is 2.24. The summed E-state index contributed by atoms with van der Waals surface area (Å²) < 4.78 is 13.4. The molecule has 0 spiro atoms. The highest BCUT2D eigenvalue weighted by Gasteiger charge is 2.30. The fraction of sp³-hybridized carbons (Fsp3) is 0.381. The number of thioether (sulfide) groups is 1. The molecule has 3 rings (SSSR count). The topological polar surface area (TPSA) is 61.8 Å². The number of halogens is 1. The summed E-state index contributed by atoms with van der Waals surface area (Å²) in [4.78, 5) is 30.8. The molecule has 0 radical (unpaired) electrons. The van der Waals surface area contributed by atoms with Gasteiger partial charge in [-0.25, -0.2) is 9.38 Å². The lowest BCUT2D eigenvalue weighted by Gasteiger charge is -2.22. The molecule has 1 aliphatic heterocycles. The van der Waals surface area contributed by atoms with Crippen molar-refractivity contribution in [3.05, 3.63) is 54.0 Å². The van der Waals surface area contributed by atoms with Crippen LogP contribution < -0.4 is 5.32 Å². The molecule has 0 atom stereocenters. The van der Waals surface area contributed by atoms with E-state index in [0.29, 0.717) is 17.3 Å². The second kappa shape index (κ2) is 9.68. The molecule has 2 aliphatic rings. The van der Waals surface area contributed by atoms with Crippen LogP contribution in [0.3, 0.4) is 0 Å². The van der Waals surface area contributed by atoms with Gasteiger partial charge in [-0.3, -0.25) is 14.5 Å². The number of nitrogens with one attached hydrogen (secondary N) is 1. The molecule has 1 N–H and O–H groups in total. The lowest BCUT2D eigenvalue weighted by Crippen LogP contribution is -2.38. The second-order valence-electron chi connectivity index (χ2n) is 6.87. The standard InChI is InChI=1S/C21H24FN3O2S/c1-2-11-25-20(27)18(13-15-7-6-8-16(22)12-15)24-21(25)28-14-19(26)23-17-9-4-3-5-10-17/h2,6-8,12-13,17H,1,3-5,9-11,14H2,(H,23,26)/b18-13+. The quantitative estimate of drug-likeness (QED) is 0.584. The molecule has 0 unspecified atom stereocenters. The Morgan fingerprint density at radius 1 is 1.36 bits per heavy atom. The molecule has 1 heterocycles. The first-order valence-electron chi connectivity index (χ1n) is 9.47. The third kappa shape index (κ3) is 5.32. The molecule has 1 aromatic carbocycles. The van der Waals surface area contributed by atoms with Gasteiger partial charge in [0.1, 0.15) is 11.5 Å². The monoisotopic (exact) mass is 401 g/mol. The van der Waals surface area contributed by atoms with Crippen LogP contribution >= 0.6 is 11.8 Å². The highest BCUT2D eigenvalue weighted by atomic mass is 32.2. The van der Waals surface area contributed by atoms with Gasteiger partial charge in [0, 0.05) is 12.6 Å². The van der Waals surface area contributed by atoms with Gasteiger partial charge in [-0.2, -0.15) is 0 Å². The van der Waals surface area contributed by atoms with Crippen LogP contribution in [-0.4, -0.2) is 40.2 Å². The number of aliphatic imine (C=N–C) groups is 1.